The van der Waals surface area contributed by atoms with Crippen molar-refractivity contribution in [3.63, 3.8) is 0 Å². The number of methoxy groups -OCH3 is 2. The number of ether oxygens (including phenoxy) is 4. The molecule has 46 heavy (non-hydrogen) atoms. The second kappa shape index (κ2) is 13.3. The number of hydrogen-bond acceptors (Lipinski definition) is 9. The fourth-order valence-electron chi connectivity index (χ4n) is 5.26. The van der Waals surface area contributed by atoms with Gasteiger partial charge in [-0.2, -0.15) is 0 Å². The Morgan fingerprint density at radius 2 is 1.63 bits per heavy atom. The molecule has 1 atom stereocenters. The van der Waals surface area contributed by atoms with Gasteiger partial charge < -0.3 is 24.1 Å². The normalized spacial score (nSPS) is 15.7. The molecule has 1 unspecified atom stereocenters. The zero-order valence-electron chi connectivity index (χ0n) is 25.6. The van der Waals surface area contributed by atoms with Crippen LogP contribution in [0.1, 0.15) is 36.1 Å². The van der Waals surface area contributed by atoms with Crippen molar-refractivity contribution in [2.24, 2.45) is 0 Å². The molecule has 0 spiro atoms. The van der Waals surface area contributed by atoms with Gasteiger partial charge in [0.25, 0.3) is 5.78 Å². The fraction of sp³-hybridized carbons (Fsp3) is 0.194. The number of carbonyl (C=O) groups is 2. The highest BCUT2D eigenvalue weighted by Gasteiger charge is 2.48. The highest BCUT2D eigenvalue weighted by Crippen LogP contribution is 2.46. The van der Waals surface area contributed by atoms with Crippen molar-refractivity contribution in [2.45, 2.75) is 26.0 Å². The van der Waals surface area contributed by atoms with Crippen LogP contribution >= 0.6 is 11.3 Å². The molecule has 1 aliphatic heterocycles. The average molecular weight is 637 g/mol. The van der Waals surface area contributed by atoms with E-state index in [0.717, 1.165) is 16.7 Å². The van der Waals surface area contributed by atoms with Gasteiger partial charge in [-0.25, -0.2) is 4.98 Å². The topological polar surface area (TPSA) is 107 Å². The Morgan fingerprint density at radius 1 is 0.870 bits per heavy atom. The monoisotopic (exact) mass is 636 g/mol. The number of hydrogen-bond donors (Lipinski definition) is 1. The molecule has 0 radical (unpaired) electrons. The Balaban J connectivity index is 1.45. The lowest BCUT2D eigenvalue weighted by Gasteiger charge is -2.24. The Morgan fingerprint density at radius 3 is 2.35 bits per heavy atom. The van der Waals surface area contributed by atoms with Crippen molar-refractivity contribution in [3.8, 4) is 23.0 Å². The van der Waals surface area contributed by atoms with E-state index >= 15 is 0 Å². The van der Waals surface area contributed by atoms with Gasteiger partial charge in [0.05, 0.1) is 42.7 Å². The standard InChI is InChI=1S/C36H32N2O7S/c1-4-18-44-25-13-10-23(11-14-25)33(39)31-32(24-12-17-28(29(19-24)43-3)45-21-22-8-6-5-7-9-22)38(35(41)34(31)40)36-37-27-16-15-26(42-2)20-30(27)46-36/h5-17,19-20,32,39H,4,18,21H2,1-3H3. The van der Waals surface area contributed by atoms with Crippen molar-refractivity contribution >= 4 is 44.1 Å². The van der Waals surface area contributed by atoms with E-state index in [2.05, 4.69) is 0 Å². The second-order valence-electron chi connectivity index (χ2n) is 10.6. The number of aromatic nitrogens is 1. The van der Waals surface area contributed by atoms with Gasteiger partial charge in [-0.1, -0.05) is 54.7 Å². The molecule has 1 aliphatic rings. The molecule has 4 aromatic carbocycles. The van der Waals surface area contributed by atoms with Crippen LogP contribution in [0.2, 0.25) is 0 Å². The lowest BCUT2D eigenvalue weighted by molar-refractivity contribution is -0.132. The summed E-state index contributed by atoms with van der Waals surface area (Å²) >= 11 is 1.25. The number of carbonyl (C=O) groups excluding carboxylic acids is 2. The van der Waals surface area contributed by atoms with Crippen LogP contribution in [-0.2, 0) is 16.2 Å². The molecule has 6 rings (SSSR count). The molecule has 9 nitrogen and oxygen atoms in total. The highest BCUT2D eigenvalue weighted by atomic mass is 32.1. The first-order chi connectivity index (χ1) is 22.4. The number of benzene rings is 4. The van der Waals surface area contributed by atoms with Crippen LogP contribution in [-0.4, -0.2) is 42.6 Å². The summed E-state index contributed by atoms with van der Waals surface area (Å²) in [6, 6.07) is 26.1. The SMILES string of the molecule is CCCOc1ccc(C(O)=C2C(=O)C(=O)N(c3nc4ccc(OC)cc4s3)C2c2ccc(OCc3ccccc3)c(OC)c2)cc1. The number of amides is 1. The molecule has 10 heteroatoms. The third-order valence-electron chi connectivity index (χ3n) is 7.58. The van der Waals surface area contributed by atoms with E-state index in [1.807, 2.05) is 43.3 Å². The number of Topliss-reactive ketones (excluding diaryl/α,β-unsaturated/α-hetero) is 1. The number of rotatable bonds is 11. The largest absolute Gasteiger partial charge is 0.507 e. The molecule has 2 heterocycles. The third kappa shape index (κ3) is 5.99. The second-order valence-corrected chi connectivity index (χ2v) is 11.6. The molecule has 1 N–H and O–H groups in total. The summed E-state index contributed by atoms with van der Waals surface area (Å²) in [5, 5.41) is 11.9. The maximum atomic E-state index is 13.8. The lowest BCUT2D eigenvalue weighted by Crippen LogP contribution is -2.29. The smallest absolute Gasteiger partial charge is 0.301 e. The summed E-state index contributed by atoms with van der Waals surface area (Å²) in [4.78, 5) is 33.6. The minimum atomic E-state index is -1.00. The van der Waals surface area contributed by atoms with Gasteiger partial charge in [-0.3, -0.25) is 14.5 Å². The summed E-state index contributed by atoms with van der Waals surface area (Å²) in [6.45, 7) is 2.89. The molecule has 1 amide bonds. The molecule has 5 aromatic rings. The average Bonchev–Trinajstić information content (AvgIpc) is 3.63. The minimum absolute atomic E-state index is 0.0657. The number of fused-ring (bicyclic) bond motifs is 1. The first kappa shape index (κ1) is 30.7. The van der Waals surface area contributed by atoms with E-state index in [9.17, 15) is 14.7 Å². The first-order valence-electron chi connectivity index (χ1n) is 14.7. The molecule has 1 aromatic heterocycles. The number of aliphatic hydroxyl groups is 1. The number of nitrogens with zero attached hydrogens (tertiary/aromatic N) is 2. The van der Waals surface area contributed by atoms with Crippen LogP contribution in [0.25, 0.3) is 16.0 Å². The Bertz CT molecular complexity index is 1920. The molecule has 0 saturated carbocycles. The van der Waals surface area contributed by atoms with Gasteiger partial charge >= 0.3 is 5.91 Å². The van der Waals surface area contributed by atoms with Crippen LogP contribution in [0.3, 0.4) is 0 Å². The predicted molar refractivity (Wildman–Crippen MR) is 177 cm³/mol. The summed E-state index contributed by atoms with van der Waals surface area (Å²) in [5.41, 5.74) is 2.47. The van der Waals surface area contributed by atoms with Gasteiger partial charge in [0.1, 0.15) is 23.9 Å². The van der Waals surface area contributed by atoms with Crippen LogP contribution in [0, 0.1) is 0 Å². The summed E-state index contributed by atoms with van der Waals surface area (Å²) < 4.78 is 23.6. The van der Waals surface area contributed by atoms with E-state index in [1.165, 1.54) is 23.3 Å². The summed E-state index contributed by atoms with van der Waals surface area (Å²) in [6.07, 6.45) is 0.850. The van der Waals surface area contributed by atoms with Crippen LogP contribution in [0.15, 0.2) is 96.6 Å². The van der Waals surface area contributed by atoms with Gasteiger partial charge in [-0.15, -0.1) is 0 Å². The minimum Gasteiger partial charge on any atom is -0.507 e. The fourth-order valence-corrected chi connectivity index (χ4v) is 6.28. The molecule has 1 saturated heterocycles. The maximum Gasteiger partial charge on any atom is 0.301 e. The number of anilines is 1. The zero-order valence-corrected chi connectivity index (χ0v) is 26.4. The number of ketones is 1. The Kier molecular flexibility index (Phi) is 8.89. The van der Waals surface area contributed by atoms with E-state index in [4.69, 9.17) is 23.9 Å². The van der Waals surface area contributed by atoms with Gasteiger partial charge in [-0.05, 0) is 72.1 Å². The Hall–Kier alpha value is -5.35. The van der Waals surface area contributed by atoms with Crippen LogP contribution in [0.5, 0.6) is 23.0 Å². The van der Waals surface area contributed by atoms with Gasteiger partial charge in [0.2, 0.25) is 0 Å². The van der Waals surface area contributed by atoms with E-state index in [0.29, 0.717) is 58.0 Å². The lowest BCUT2D eigenvalue weighted by atomic mass is 9.95. The van der Waals surface area contributed by atoms with Crippen molar-refractivity contribution in [1.29, 1.82) is 0 Å². The Labute approximate surface area is 270 Å². The van der Waals surface area contributed by atoms with Crippen molar-refractivity contribution in [2.75, 3.05) is 25.7 Å². The predicted octanol–water partition coefficient (Wildman–Crippen LogP) is 7.31. The molecule has 0 bridgehead atoms. The first-order valence-corrected chi connectivity index (χ1v) is 15.6. The molecule has 0 aliphatic carbocycles. The quantitative estimate of drug-likeness (QED) is 0.0914. The van der Waals surface area contributed by atoms with E-state index in [-0.39, 0.29) is 11.3 Å². The molecule has 1 fully saturated rings. The van der Waals surface area contributed by atoms with Crippen molar-refractivity contribution < 1.29 is 33.6 Å². The third-order valence-corrected chi connectivity index (χ3v) is 8.59. The molecular weight excluding hydrogens is 604 g/mol. The van der Waals surface area contributed by atoms with E-state index < -0.39 is 17.7 Å². The van der Waals surface area contributed by atoms with Crippen molar-refractivity contribution in [3.05, 3.63) is 113 Å². The summed E-state index contributed by atoms with van der Waals surface area (Å²) in [7, 11) is 3.10. The van der Waals surface area contributed by atoms with Gasteiger partial charge in [0.15, 0.2) is 16.6 Å². The van der Waals surface area contributed by atoms with Crippen LogP contribution in [0.4, 0.5) is 5.13 Å². The highest BCUT2D eigenvalue weighted by molar-refractivity contribution is 7.22. The molecular formula is C36H32N2O7S. The van der Waals surface area contributed by atoms with Crippen LogP contribution < -0.4 is 23.8 Å². The number of thiazole rings is 1. The van der Waals surface area contributed by atoms with E-state index in [1.54, 1.807) is 61.7 Å². The maximum absolute atomic E-state index is 13.8. The van der Waals surface area contributed by atoms with Crippen molar-refractivity contribution in [1.82, 2.24) is 4.98 Å². The zero-order chi connectivity index (χ0) is 32.2. The van der Waals surface area contributed by atoms with Gasteiger partial charge in [0, 0.05) is 5.56 Å². The summed E-state index contributed by atoms with van der Waals surface area (Å²) in [5.74, 6) is 0.240. The number of aliphatic hydroxyl groups excluding tert-OH is 1. The molecule has 234 valence electrons.